The maximum atomic E-state index is 6.66. The molecule has 1 aliphatic carbocycles. The maximum absolute atomic E-state index is 6.66. The lowest BCUT2D eigenvalue weighted by atomic mass is 9.53. The predicted molar refractivity (Wildman–Crippen MR) is 200 cm³/mol. The molecule has 3 aliphatic rings. The SMILES string of the molecule is C=C/C=C\C1=C(C=C)BC(C=C)=C(/C=C\C=C)C1C1CN(C2CCCCCCCC(NC(/C=C\C=C)=C/C=C)CCC2)CCO1. The van der Waals surface area contributed by atoms with E-state index in [0.29, 0.717) is 12.1 Å². The monoisotopic (exact) mass is 604 g/mol. The van der Waals surface area contributed by atoms with Crippen LogP contribution < -0.4 is 5.32 Å². The molecular weight excluding hydrogens is 547 g/mol. The smallest absolute Gasteiger partial charge is 0.192 e. The van der Waals surface area contributed by atoms with E-state index in [9.17, 15) is 0 Å². The van der Waals surface area contributed by atoms with Gasteiger partial charge in [0, 0.05) is 36.8 Å². The molecule has 2 aliphatic heterocycles. The minimum Gasteiger partial charge on any atom is -0.382 e. The fourth-order valence-corrected chi connectivity index (χ4v) is 7.14. The highest BCUT2D eigenvalue weighted by atomic mass is 16.5. The van der Waals surface area contributed by atoms with Crippen molar-refractivity contribution in [3.05, 3.63) is 146 Å². The molecule has 0 radical (unpaired) electrons. The minimum atomic E-state index is 0.0388. The highest BCUT2D eigenvalue weighted by Crippen LogP contribution is 2.39. The van der Waals surface area contributed by atoms with E-state index in [2.05, 4.69) is 74.0 Å². The topological polar surface area (TPSA) is 24.5 Å². The molecule has 4 heteroatoms. The standard InChI is InChI=1S/C41H57BN2O/c1-7-13-23-33(22-10-4)43-34-24-19-17-16-18-20-26-35(27-21-25-34)44-30-31-45-40(32-44)41-36(28-14-8-2)38(11-5)42-39(12-6)37(41)29-15-9-3/h7-15,22-23,28-29,34-35,40-43H,1-6,16-21,24-27,30-32H2/b23-13-,28-14-,29-15-,33-22+. The van der Waals surface area contributed by atoms with Crippen LogP contribution in [0.15, 0.2) is 146 Å². The van der Waals surface area contributed by atoms with Gasteiger partial charge in [0.2, 0.25) is 0 Å². The van der Waals surface area contributed by atoms with Crippen molar-refractivity contribution in [1.29, 1.82) is 0 Å². The maximum Gasteiger partial charge on any atom is 0.192 e. The number of morpholine rings is 1. The molecule has 1 saturated carbocycles. The van der Waals surface area contributed by atoms with Crippen LogP contribution in [-0.4, -0.2) is 50.1 Å². The zero-order valence-electron chi connectivity index (χ0n) is 27.8. The van der Waals surface area contributed by atoms with Crippen molar-refractivity contribution in [1.82, 2.24) is 10.2 Å². The Labute approximate surface area is 275 Å². The lowest BCUT2D eigenvalue weighted by molar-refractivity contribution is -0.0591. The Morgan fingerprint density at radius 3 is 1.96 bits per heavy atom. The Morgan fingerprint density at radius 1 is 0.733 bits per heavy atom. The van der Waals surface area contributed by atoms with E-state index in [1.54, 1.807) is 0 Å². The molecule has 2 fully saturated rings. The first-order chi connectivity index (χ1) is 22.1. The lowest BCUT2D eigenvalue weighted by Gasteiger charge is -2.43. The van der Waals surface area contributed by atoms with E-state index < -0.39 is 0 Å². The molecule has 3 nitrogen and oxygen atoms in total. The van der Waals surface area contributed by atoms with Crippen LogP contribution in [0.3, 0.4) is 0 Å². The summed E-state index contributed by atoms with van der Waals surface area (Å²) in [6.07, 6.45) is 38.7. The molecule has 0 amide bonds. The number of hydrogen-bond acceptors (Lipinski definition) is 3. The van der Waals surface area contributed by atoms with Crippen LogP contribution in [0.2, 0.25) is 0 Å². The Hall–Kier alpha value is -3.34. The van der Waals surface area contributed by atoms with Gasteiger partial charge >= 0.3 is 0 Å². The van der Waals surface area contributed by atoms with Gasteiger partial charge in [-0.3, -0.25) is 4.90 Å². The van der Waals surface area contributed by atoms with Gasteiger partial charge in [0.1, 0.15) is 0 Å². The van der Waals surface area contributed by atoms with Crippen LogP contribution in [-0.2, 0) is 4.74 Å². The van der Waals surface area contributed by atoms with E-state index in [1.807, 2.05) is 54.7 Å². The normalized spacial score (nSPS) is 25.4. The van der Waals surface area contributed by atoms with E-state index in [4.69, 9.17) is 4.74 Å². The van der Waals surface area contributed by atoms with Gasteiger partial charge in [-0.25, -0.2) is 0 Å². The molecule has 1 saturated heterocycles. The largest absolute Gasteiger partial charge is 0.382 e. The third kappa shape index (κ3) is 11.2. The Balaban J connectivity index is 1.84. The van der Waals surface area contributed by atoms with Crippen molar-refractivity contribution >= 4 is 7.28 Å². The predicted octanol–water partition coefficient (Wildman–Crippen LogP) is 9.17. The molecule has 0 aromatic carbocycles. The van der Waals surface area contributed by atoms with Gasteiger partial charge in [0.15, 0.2) is 7.28 Å². The highest BCUT2D eigenvalue weighted by Gasteiger charge is 2.37. The van der Waals surface area contributed by atoms with Crippen LogP contribution in [0.4, 0.5) is 0 Å². The average Bonchev–Trinajstić information content (AvgIpc) is 3.06. The van der Waals surface area contributed by atoms with E-state index >= 15 is 0 Å². The van der Waals surface area contributed by atoms with Crippen molar-refractivity contribution < 1.29 is 4.74 Å². The van der Waals surface area contributed by atoms with E-state index in [0.717, 1.165) is 32.7 Å². The Kier molecular flexibility index (Phi) is 16.6. The lowest BCUT2D eigenvalue weighted by Crippen LogP contribution is -2.51. The van der Waals surface area contributed by atoms with Gasteiger partial charge in [-0.1, -0.05) is 149 Å². The second kappa shape index (κ2) is 20.6. The molecule has 45 heavy (non-hydrogen) atoms. The summed E-state index contributed by atoms with van der Waals surface area (Å²) in [7, 11) is 0.818. The minimum absolute atomic E-state index is 0.0388. The van der Waals surface area contributed by atoms with Crippen molar-refractivity contribution in [2.45, 2.75) is 82.4 Å². The van der Waals surface area contributed by atoms with E-state index in [1.165, 1.54) is 86.3 Å². The summed E-state index contributed by atoms with van der Waals surface area (Å²) in [6.45, 7) is 26.7. The van der Waals surface area contributed by atoms with Crippen LogP contribution in [0.5, 0.6) is 0 Å². The first-order valence-corrected chi connectivity index (χ1v) is 17.1. The molecule has 240 valence electrons. The molecule has 0 spiro atoms. The third-order valence-electron chi connectivity index (χ3n) is 9.38. The molecule has 2 heterocycles. The Bertz CT molecular complexity index is 1170. The van der Waals surface area contributed by atoms with Gasteiger partial charge < -0.3 is 10.1 Å². The summed E-state index contributed by atoms with van der Waals surface area (Å²) >= 11 is 0. The molecule has 0 aromatic heterocycles. The molecule has 3 atom stereocenters. The number of allylic oxidation sites excluding steroid dienone is 15. The molecular formula is C41H57BN2O. The van der Waals surface area contributed by atoms with Crippen LogP contribution in [0.1, 0.15) is 64.2 Å². The zero-order valence-corrected chi connectivity index (χ0v) is 27.8. The summed E-state index contributed by atoms with van der Waals surface area (Å²) in [5.41, 5.74) is 6.13. The van der Waals surface area contributed by atoms with Crippen molar-refractivity contribution in [3.63, 3.8) is 0 Å². The zero-order chi connectivity index (χ0) is 32.3. The summed E-state index contributed by atoms with van der Waals surface area (Å²) in [5, 5.41) is 3.82. The summed E-state index contributed by atoms with van der Waals surface area (Å²) < 4.78 is 6.66. The second-order valence-corrected chi connectivity index (χ2v) is 12.3. The summed E-state index contributed by atoms with van der Waals surface area (Å²) in [6, 6.07) is 1.03. The number of hydrogen-bond donors (Lipinski definition) is 1. The van der Waals surface area contributed by atoms with Crippen molar-refractivity contribution in [2.24, 2.45) is 5.92 Å². The first-order valence-electron chi connectivity index (χ1n) is 17.1. The van der Waals surface area contributed by atoms with E-state index in [-0.39, 0.29) is 12.0 Å². The van der Waals surface area contributed by atoms with Crippen LogP contribution >= 0.6 is 0 Å². The van der Waals surface area contributed by atoms with Crippen LogP contribution in [0.25, 0.3) is 0 Å². The highest BCUT2D eigenvalue weighted by molar-refractivity contribution is 6.57. The number of rotatable bonds is 13. The van der Waals surface area contributed by atoms with Crippen molar-refractivity contribution in [2.75, 3.05) is 19.7 Å². The quantitative estimate of drug-likeness (QED) is 0.168. The third-order valence-corrected chi connectivity index (χ3v) is 9.38. The molecule has 0 bridgehead atoms. The fraction of sp³-hybridized carbons (Fsp3) is 0.415. The van der Waals surface area contributed by atoms with Crippen molar-refractivity contribution in [3.8, 4) is 0 Å². The van der Waals surface area contributed by atoms with Gasteiger partial charge in [-0.2, -0.15) is 0 Å². The van der Waals surface area contributed by atoms with Gasteiger partial charge in [0.25, 0.3) is 0 Å². The molecule has 3 unspecified atom stereocenters. The fourth-order valence-electron chi connectivity index (χ4n) is 7.14. The second-order valence-electron chi connectivity index (χ2n) is 12.3. The molecule has 1 N–H and O–H groups in total. The molecule has 3 rings (SSSR count). The number of nitrogens with zero attached hydrogens (tertiary/aromatic N) is 1. The summed E-state index contributed by atoms with van der Waals surface area (Å²) in [5.74, 6) is 0.0912. The summed E-state index contributed by atoms with van der Waals surface area (Å²) in [4.78, 5) is 2.75. The van der Waals surface area contributed by atoms with Gasteiger partial charge in [-0.05, 0) is 55.4 Å². The average molecular weight is 605 g/mol. The van der Waals surface area contributed by atoms with Gasteiger partial charge in [-0.15, -0.1) is 0 Å². The molecule has 0 aromatic rings. The Morgan fingerprint density at radius 2 is 1.33 bits per heavy atom. The van der Waals surface area contributed by atoms with Gasteiger partial charge in [0.05, 0.1) is 12.7 Å². The number of ether oxygens (including phenoxy) is 1. The van der Waals surface area contributed by atoms with Crippen LogP contribution in [0, 0.1) is 5.92 Å². The number of nitrogens with one attached hydrogen (secondary N) is 1. The first kappa shape index (κ1) is 36.1.